The highest BCUT2D eigenvalue weighted by Gasteiger charge is 2.43. The van der Waals surface area contributed by atoms with Gasteiger partial charge in [-0.3, -0.25) is 9.59 Å². The molecular weight excluding hydrogens is 582 g/mol. The third-order valence-electron chi connectivity index (χ3n) is 7.32. The molecule has 0 aliphatic carbocycles. The number of hydrogen-bond donors (Lipinski definition) is 4. The Labute approximate surface area is 250 Å². The van der Waals surface area contributed by atoms with Crippen LogP contribution in [0.2, 0.25) is 0 Å². The number of benzene rings is 3. The third kappa shape index (κ3) is 7.46. The van der Waals surface area contributed by atoms with Crippen molar-refractivity contribution in [2.45, 2.75) is 44.4 Å². The van der Waals surface area contributed by atoms with Crippen molar-refractivity contribution in [3.63, 3.8) is 0 Å². The number of amides is 2. The first kappa shape index (κ1) is 32.3. The molecule has 0 aliphatic heterocycles. The lowest BCUT2D eigenvalue weighted by atomic mass is 9.74. The normalized spacial score (nSPS) is 13.8. The molecule has 13 heteroatoms. The zero-order valence-electron chi connectivity index (χ0n) is 24.3. The molecule has 0 saturated heterocycles. The van der Waals surface area contributed by atoms with Gasteiger partial charge in [-0.15, -0.1) is 0 Å². The van der Waals surface area contributed by atoms with Gasteiger partial charge in [0.05, 0.1) is 36.5 Å². The first-order chi connectivity index (χ1) is 20.6. The molecule has 0 aliphatic rings. The summed E-state index contributed by atoms with van der Waals surface area (Å²) < 4.78 is 56.3. The summed E-state index contributed by atoms with van der Waals surface area (Å²) in [5.74, 6) is -2.34. The minimum atomic E-state index is -4.64. The first-order valence-electron chi connectivity index (χ1n) is 13.7. The van der Waals surface area contributed by atoms with Gasteiger partial charge in [0.15, 0.2) is 0 Å². The van der Waals surface area contributed by atoms with Gasteiger partial charge >= 0.3 is 6.18 Å². The number of fused-ring (bicyclic) bond motifs is 1. The van der Waals surface area contributed by atoms with Crippen LogP contribution in [0.5, 0.6) is 5.75 Å². The Balaban J connectivity index is 1.58. The molecule has 44 heavy (non-hydrogen) atoms. The fourth-order valence-electron chi connectivity index (χ4n) is 5.45. The summed E-state index contributed by atoms with van der Waals surface area (Å²) >= 11 is 0. The zero-order chi connectivity index (χ0) is 32.4. The number of rotatable bonds is 11. The summed E-state index contributed by atoms with van der Waals surface area (Å²) in [4.78, 5) is 25.2. The largest absolute Gasteiger partial charge is 0.508 e. The van der Waals surface area contributed by atoms with E-state index < -0.39 is 53.9 Å². The van der Waals surface area contributed by atoms with Gasteiger partial charge in [-0.25, -0.2) is 9.07 Å². The maximum Gasteiger partial charge on any atom is 0.389 e. The number of alkyl halides is 3. The molecule has 2 unspecified atom stereocenters. The lowest BCUT2D eigenvalue weighted by molar-refractivity contribution is -0.149. The average molecular weight is 616 g/mol. The molecule has 234 valence electrons. The Morgan fingerprint density at radius 1 is 1.14 bits per heavy atom. The smallest absolute Gasteiger partial charge is 0.389 e. The molecule has 2 atom stereocenters. The molecule has 0 fully saturated rings. The first-order valence-corrected chi connectivity index (χ1v) is 13.7. The highest BCUT2D eigenvalue weighted by atomic mass is 19.4. The molecule has 9 nitrogen and oxygen atoms in total. The van der Waals surface area contributed by atoms with Gasteiger partial charge in [-0.05, 0) is 67.4 Å². The number of aryl methyl sites for hydroxylation is 1. The summed E-state index contributed by atoms with van der Waals surface area (Å²) in [5.41, 5.74) is 6.06. The van der Waals surface area contributed by atoms with Crippen molar-refractivity contribution >= 4 is 28.4 Å². The van der Waals surface area contributed by atoms with Gasteiger partial charge < -0.3 is 26.2 Å². The number of halogens is 4. The fourth-order valence-corrected chi connectivity index (χ4v) is 5.45. The van der Waals surface area contributed by atoms with Crippen LogP contribution in [-0.4, -0.2) is 69.1 Å². The van der Waals surface area contributed by atoms with Crippen molar-refractivity contribution in [2.24, 2.45) is 5.73 Å². The van der Waals surface area contributed by atoms with Crippen LogP contribution in [0.15, 0.2) is 60.8 Å². The molecule has 0 radical (unpaired) electrons. The number of anilines is 1. The predicted molar refractivity (Wildman–Crippen MR) is 157 cm³/mol. The maximum absolute atomic E-state index is 14.0. The Hall–Kier alpha value is -4.65. The second-order valence-corrected chi connectivity index (χ2v) is 11.2. The van der Waals surface area contributed by atoms with Crippen molar-refractivity contribution in [1.82, 2.24) is 14.7 Å². The molecule has 0 saturated carbocycles. The molecule has 1 heterocycles. The number of carbonyl (C=O) groups excluding carboxylic acids is 2. The number of primary amides is 1. The second-order valence-electron chi connectivity index (χ2n) is 11.2. The standard InChI is InChI=1S/C31H33F4N5O4/c1-18-9-25(37-14-22(41)13-30(2,17-31(33,34)35)24-12-20(32)7-8-27(24)42)23-15-38-40(26(23)10-18)21-6-4-5-19(11-21)29(44)39(3)16-28(36)43/h4-12,15,22,37,41-42H,13-14,16-17H2,1-3H3,(H2,36,43). The number of aliphatic hydroxyl groups is 1. The van der Waals surface area contributed by atoms with Gasteiger partial charge in [-0.1, -0.05) is 13.0 Å². The van der Waals surface area contributed by atoms with Crippen molar-refractivity contribution in [3.05, 3.63) is 83.3 Å². The molecule has 4 rings (SSSR count). The van der Waals surface area contributed by atoms with Crippen molar-refractivity contribution in [3.8, 4) is 11.4 Å². The minimum Gasteiger partial charge on any atom is -0.508 e. The van der Waals surface area contributed by atoms with E-state index in [1.54, 1.807) is 41.2 Å². The van der Waals surface area contributed by atoms with Crippen LogP contribution in [0.1, 0.15) is 41.3 Å². The highest BCUT2D eigenvalue weighted by molar-refractivity contribution is 5.97. The number of phenolic OH excluding ortho intramolecular Hbond substituents is 1. The molecule has 4 aromatic rings. The number of nitrogens with two attached hydrogens (primary N) is 1. The van der Waals surface area contributed by atoms with Crippen molar-refractivity contribution in [1.29, 1.82) is 0 Å². The molecule has 0 bridgehead atoms. The predicted octanol–water partition coefficient (Wildman–Crippen LogP) is 4.81. The summed E-state index contributed by atoms with van der Waals surface area (Å²) in [6.07, 6.45) is -6.17. The number of aromatic nitrogens is 2. The number of hydrogen-bond acceptors (Lipinski definition) is 6. The maximum atomic E-state index is 14.0. The second kappa shape index (κ2) is 12.5. The van der Waals surface area contributed by atoms with E-state index in [4.69, 9.17) is 5.73 Å². The lowest BCUT2D eigenvalue weighted by Crippen LogP contribution is -2.36. The quantitative estimate of drug-likeness (QED) is 0.179. The van der Waals surface area contributed by atoms with Gasteiger partial charge in [0, 0.05) is 41.2 Å². The van der Waals surface area contributed by atoms with Crippen LogP contribution in [0, 0.1) is 12.7 Å². The number of aromatic hydroxyl groups is 1. The monoisotopic (exact) mass is 615 g/mol. The third-order valence-corrected chi connectivity index (χ3v) is 7.32. The van der Waals surface area contributed by atoms with Crippen molar-refractivity contribution in [2.75, 3.05) is 25.5 Å². The van der Waals surface area contributed by atoms with E-state index in [0.717, 1.165) is 23.8 Å². The Morgan fingerprint density at radius 2 is 1.86 bits per heavy atom. The van der Waals surface area contributed by atoms with Crippen LogP contribution in [0.3, 0.4) is 0 Å². The van der Waals surface area contributed by atoms with E-state index in [1.807, 2.05) is 13.0 Å². The van der Waals surface area contributed by atoms with E-state index in [-0.39, 0.29) is 18.7 Å². The van der Waals surface area contributed by atoms with Gasteiger partial charge in [-0.2, -0.15) is 18.3 Å². The molecular formula is C31H33F4N5O4. The van der Waals surface area contributed by atoms with Gasteiger partial charge in [0.2, 0.25) is 5.91 Å². The van der Waals surface area contributed by atoms with Gasteiger partial charge in [0.1, 0.15) is 11.6 Å². The molecule has 3 aromatic carbocycles. The Kier molecular flexibility index (Phi) is 9.19. The summed E-state index contributed by atoms with van der Waals surface area (Å²) in [6, 6.07) is 13.1. The van der Waals surface area contributed by atoms with E-state index >= 15 is 0 Å². The number of likely N-dealkylation sites (N-methyl/N-ethyl adjacent to an activating group) is 1. The molecule has 0 spiro atoms. The summed E-state index contributed by atoms with van der Waals surface area (Å²) in [6.45, 7) is 2.68. The Morgan fingerprint density at radius 3 is 2.55 bits per heavy atom. The number of carbonyl (C=O) groups is 2. The average Bonchev–Trinajstić information content (AvgIpc) is 3.35. The van der Waals surface area contributed by atoms with E-state index in [2.05, 4.69) is 10.4 Å². The highest BCUT2D eigenvalue weighted by Crippen LogP contribution is 2.43. The SMILES string of the molecule is Cc1cc(NCC(O)CC(C)(CC(F)(F)F)c2cc(F)ccc2O)c2cnn(-c3cccc(C(=O)N(C)CC(N)=O)c3)c2c1. The summed E-state index contributed by atoms with van der Waals surface area (Å²) in [7, 11) is 1.46. The van der Waals surface area contributed by atoms with Crippen LogP contribution < -0.4 is 11.1 Å². The fraction of sp³-hybridized carbons (Fsp3) is 0.323. The van der Waals surface area contributed by atoms with Crippen LogP contribution in [0.4, 0.5) is 23.2 Å². The Bertz CT molecular complexity index is 1690. The number of nitrogens with zero attached hydrogens (tertiary/aromatic N) is 3. The topological polar surface area (TPSA) is 134 Å². The molecule has 1 aromatic heterocycles. The number of phenols is 1. The van der Waals surface area contributed by atoms with E-state index in [1.165, 1.54) is 18.9 Å². The summed E-state index contributed by atoms with van der Waals surface area (Å²) in [5, 5.41) is 29.4. The van der Waals surface area contributed by atoms with Crippen LogP contribution >= 0.6 is 0 Å². The van der Waals surface area contributed by atoms with Crippen LogP contribution in [-0.2, 0) is 10.2 Å². The lowest BCUT2D eigenvalue weighted by Gasteiger charge is -2.34. The van der Waals surface area contributed by atoms with Gasteiger partial charge in [0.25, 0.3) is 5.91 Å². The number of nitrogens with one attached hydrogen (secondary N) is 1. The zero-order valence-corrected chi connectivity index (χ0v) is 24.3. The molecule has 2 amide bonds. The van der Waals surface area contributed by atoms with Crippen molar-refractivity contribution < 1.29 is 37.4 Å². The van der Waals surface area contributed by atoms with E-state index in [0.29, 0.717) is 27.8 Å². The van der Waals surface area contributed by atoms with Crippen LogP contribution in [0.25, 0.3) is 16.6 Å². The van der Waals surface area contributed by atoms with E-state index in [9.17, 15) is 37.4 Å². The number of aliphatic hydroxyl groups excluding tert-OH is 1. The minimum absolute atomic E-state index is 0.149. The molecule has 5 N–H and O–H groups in total.